The summed E-state index contributed by atoms with van der Waals surface area (Å²) in [5.74, 6) is 0.600. The maximum Gasteiger partial charge on any atom is 0.185 e. The number of hydrogen-bond acceptors (Lipinski definition) is 2. The van der Waals surface area contributed by atoms with Crippen molar-refractivity contribution >= 4 is 52.3 Å². The van der Waals surface area contributed by atoms with E-state index >= 15 is 0 Å². The van der Waals surface area contributed by atoms with Gasteiger partial charge in [0.25, 0.3) is 0 Å². The number of halogens is 3. The predicted octanol–water partition coefficient (Wildman–Crippen LogP) is 8.37. The Hall–Kier alpha value is -2.52. The highest BCUT2D eigenvalue weighted by atomic mass is 35.5. The van der Waals surface area contributed by atoms with Crippen LogP contribution in [0.2, 0.25) is 15.1 Å². The number of ketones is 1. The lowest BCUT2D eigenvalue weighted by molar-refractivity contribution is 0.104. The van der Waals surface area contributed by atoms with Crippen molar-refractivity contribution in [2.45, 2.75) is 18.4 Å². The summed E-state index contributed by atoms with van der Waals surface area (Å²) in [5.41, 5.74) is 4.83. The second-order valence-electron chi connectivity index (χ2n) is 8.17. The minimum Gasteiger partial charge on any atom is -0.378 e. The molecule has 3 atom stereocenters. The first-order valence-electron chi connectivity index (χ1n) is 10.5. The fourth-order valence-electron chi connectivity index (χ4n) is 4.66. The predicted molar refractivity (Wildman–Crippen MR) is 134 cm³/mol. The molecule has 1 aliphatic heterocycles. The van der Waals surface area contributed by atoms with Crippen molar-refractivity contribution < 1.29 is 4.79 Å². The van der Waals surface area contributed by atoms with Gasteiger partial charge in [0.1, 0.15) is 0 Å². The summed E-state index contributed by atoms with van der Waals surface area (Å²) < 4.78 is 0. The fourth-order valence-corrected chi connectivity index (χ4v) is 5.16. The molecule has 0 fully saturated rings. The zero-order chi connectivity index (χ0) is 22.2. The van der Waals surface area contributed by atoms with Gasteiger partial charge in [0.15, 0.2) is 5.78 Å². The number of allylic oxidation sites excluding steroid dienone is 3. The summed E-state index contributed by atoms with van der Waals surface area (Å²) >= 11 is 18.4. The molecule has 3 aromatic rings. The van der Waals surface area contributed by atoms with E-state index in [1.165, 1.54) is 5.56 Å². The molecule has 0 amide bonds. The Morgan fingerprint density at radius 2 is 1.81 bits per heavy atom. The summed E-state index contributed by atoms with van der Waals surface area (Å²) in [6.45, 7) is 0. The van der Waals surface area contributed by atoms with Crippen molar-refractivity contribution in [3.05, 3.63) is 116 Å². The highest BCUT2D eigenvalue weighted by Crippen LogP contribution is 2.50. The Labute approximate surface area is 202 Å². The number of hydrogen-bond donors (Lipinski definition) is 1. The number of carbonyl (C=O) groups excluding carboxylic acids is 1. The number of fused-ring (bicyclic) bond motifs is 3. The van der Waals surface area contributed by atoms with Crippen LogP contribution >= 0.6 is 34.8 Å². The molecule has 2 nitrogen and oxygen atoms in total. The van der Waals surface area contributed by atoms with Crippen LogP contribution in [-0.4, -0.2) is 5.78 Å². The molecule has 0 saturated carbocycles. The molecule has 1 aliphatic carbocycles. The lowest BCUT2D eigenvalue weighted by Crippen LogP contribution is -2.29. The van der Waals surface area contributed by atoms with Crippen LogP contribution in [0.5, 0.6) is 0 Å². The van der Waals surface area contributed by atoms with Gasteiger partial charge < -0.3 is 5.32 Å². The van der Waals surface area contributed by atoms with Crippen molar-refractivity contribution in [2.75, 3.05) is 5.32 Å². The zero-order valence-electron chi connectivity index (χ0n) is 17.1. The van der Waals surface area contributed by atoms with E-state index in [4.69, 9.17) is 34.8 Å². The minimum absolute atomic E-state index is 0.0674. The van der Waals surface area contributed by atoms with Crippen LogP contribution in [0.1, 0.15) is 45.4 Å². The summed E-state index contributed by atoms with van der Waals surface area (Å²) in [5, 5.41) is 5.35. The molecule has 0 unspecified atom stereocenters. The van der Waals surface area contributed by atoms with Crippen molar-refractivity contribution in [2.24, 2.45) is 5.92 Å². The van der Waals surface area contributed by atoms with Crippen LogP contribution in [-0.2, 0) is 0 Å². The Kier molecular flexibility index (Phi) is 5.86. The lowest BCUT2D eigenvalue weighted by atomic mass is 9.76. The van der Waals surface area contributed by atoms with E-state index in [0.717, 1.165) is 28.3 Å². The van der Waals surface area contributed by atoms with E-state index in [0.29, 0.717) is 21.5 Å². The van der Waals surface area contributed by atoms with Crippen LogP contribution in [0.4, 0.5) is 5.69 Å². The van der Waals surface area contributed by atoms with Gasteiger partial charge in [-0.25, -0.2) is 0 Å². The van der Waals surface area contributed by atoms with Gasteiger partial charge in [0, 0.05) is 22.2 Å². The number of carbonyl (C=O) groups is 1. The molecule has 3 aromatic carbocycles. The Balaban J connectivity index is 1.43. The second kappa shape index (κ2) is 8.78. The van der Waals surface area contributed by atoms with Gasteiger partial charge in [-0.15, -0.1) is 0 Å². The SMILES string of the molecule is O=C(/C=C/c1cccc(Cl)c1Cl)c1ccc2c(c1)[C@@H]1C=CC[C@@H]1[C@H](c1ccc(Cl)cc1)N2. The number of benzene rings is 3. The Bertz CT molecular complexity index is 1250. The minimum atomic E-state index is -0.0674. The van der Waals surface area contributed by atoms with E-state index in [2.05, 4.69) is 29.6 Å². The molecule has 0 radical (unpaired) electrons. The number of rotatable bonds is 4. The zero-order valence-corrected chi connectivity index (χ0v) is 19.3. The van der Waals surface area contributed by atoms with Crippen molar-refractivity contribution in [3.8, 4) is 0 Å². The van der Waals surface area contributed by atoms with Crippen molar-refractivity contribution in [1.82, 2.24) is 0 Å². The summed E-state index contributed by atoms with van der Waals surface area (Å²) in [4.78, 5) is 12.9. The molecular formula is C27H20Cl3NO. The van der Waals surface area contributed by atoms with Crippen molar-refractivity contribution in [1.29, 1.82) is 0 Å². The molecule has 0 aromatic heterocycles. The maximum atomic E-state index is 12.9. The second-order valence-corrected chi connectivity index (χ2v) is 9.39. The Morgan fingerprint density at radius 1 is 1.00 bits per heavy atom. The lowest BCUT2D eigenvalue weighted by Gasteiger charge is -2.37. The highest BCUT2D eigenvalue weighted by molar-refractivity contribution is 6.43. The van der Waals surface area contributed by atoms with E-state index in [1.807, 2.05) is 42.5 Å². The third kappa shape index (κ3) is 3.99. The van der Waals surface area contributed by atoms with Gasteiger partial charge in [-0.3, -0.25) is 4.79 Å². The first-order chi connectivity index (χ1) is 15.5. The van der Waals surface area contributed by atoms with E-state index in [-0.39, 0.29) is 17.7 Å². The van der Waals surface area contributed by atoms with Crippen LogP contribution in [0, 0.1) is 5.92 Å². The molecule has 32 heavy (non-hydrogen) atoms. The highest BCUT2D eigenvalue weighted by Gasteiger charge is 2.38. The summed E-state index contributed by atoms with van der Waals surface area (Å²) in [6, 6.07) is 19.5. The van der Waals surface area contributed by atoms with Gasteiger partial charge in [-0.05, 0) is 77.6 Å². The van der Waals surface area contributed by atoms with E-state index in [1.54, 1.807) is 18.2 Å². The van der Waals surface area contributed by atoms with Crippen molar-refractivity contribution in [3.63, 3.8) is 0 Å². The summed E-state index contributed by atoms with van der Waals surface area (Å²) in [7, 11) is 0. The average Bonchev–Trinajstić information content (AvgIpc) is 3.30. The van der Waals surface area contributed by atoms with E-state index in [9.17, 15) is 4.79 Å². The van der Waals surface area contributed by atoms with Gasteiger partial charge in [0.2, 0.25) is 0 Å². The molecule has 1 N–H and O–H groups in total. The third-order valence-corrected chi connectivity index (χ3v) is 7.36. The molecule has 1 heterocycles. The first kappa shape index (κ1) is 21.3. The largest absolute Gasteiger partial charge is 0.378 e. The standard InChI is InChI=1S/C27H20Cl3NO/c28-19-11-7-17(8-12-19)27-21-5-2-4-20(21)22-15-18(9-13-24(22)31-27)25(32)14-10-16-3-1-6-23(29)26(16)30/h1-4,6-15,20-21,27,31H,5H2/b14-10+/t20-,21+,27+/m1/s1. The molecular weight excluding hydrogens is 461 g/mol. The van der Waals surface area contributed by atoms with Gasteiger partial charge in [0.05, 0.1) is 16.1 Å². The first-order valence-corrected chi connectivity index (χ1v) is 11.6. The van der Waals surface area contributed by atoms with E-state index < -0.39 is 0 Å². The number of anilines is 1. The van der Waals surface area contributed by atoms with Crippen LogP contribution < -0.4 is 5.32 Å². The molecule has 0 bridgehead atoms. The molecule has 160 valence electrons. The molecule has 0 spiro atoms. The topological polar surface area (TPSA) is 29.1 Å². The monoisotopic (exact) mass is 479 g/mol. The van der Waals surface area contributed by atoms with Gasteiger partial charge in [-0.2, -0.15) is 0 Å². The van der Waals surface area contributed by atoms with Gasteiger partial charge in [-0.1, -0.05) is 71.2 Å². The van der Waals surface area contributed by atoms with Crippen LogP contribution in [0.25, 0.3) is 6.08 Å². The quantitative estimate of drug-likeness (QED) is 0.231. The molecule has 5 heteroatoms. The van der Waals surface area contributed by atoms with Crippen LogP contribution in [0.3, 0.4) is 0 Å². The maximum absolute atomic E-state index is 12.9. The normalized spacial score (nSPS) is 21.3. The average molecular weight is 481 g/mol. The molecule has 2 aliphatic rings. The fraction of sp³-hybridized carbons (Fsp3) is 0.148. The third-order valence-electron chi connectivity index (χ3n) is 6.27. The Morgan fingerprint density at radius 3 is 2.62 bits per heavy atom. The smallest absolute Gasteiger partial charge is 0.185 e. The molecule has 0 saturated heterocycles. The number of nitrogens with one attached hydrogen (secondary N) is 1. The summed E-state index contributed by atoms with van der Waals surface area (Å²) in [6.07, 6.45) is 8.76. The van der Waals surface area contributed by atoms with Gasteiger partial charge >= 0.3 is 0 Å². The molecule has 5 rings (SSSR count). The van der Waals surface area contributed by atoms with Crippen LogP contribution in [0.15, 0.2) is 78.9 Å².